The highest BCUT2D eigenvalue weighted by molar-refractivity contribution is 5.84. The fourth-order valence-electron chi connectivity index (χ4n) is 2.17. The minimum atomic E-state index is -0.540. The lowest BCUT2D eigenvalue weighted by Crippen LogP contribution is -2.45. The van der Waals surface area contributed by atoms with Gasteiger partial charge in [0.05, 0.1) is 6.07 Å². The van der Waals surface area contributed by atoms with Gasteiger partial charge in [-0.05, 0) is 40.0 Å². The van der Waals surface area contributed by atoms with E-state index in [0.717, 1.165) is 25.8 Å². The minimum absolute atomic E-state index is 0.204. The second kappa shape index (κ2) is 20.0. The summed E-state index contributed by atoms with van der Waals surface area (Å²) in [6.45, 7) is 16.9. The van der Waals surface area contributed by atoms with Crippen molar-refractivity contribution in [2.24, 2.45) is 5.73 Å². The van der Waals surface area contributed by atoms with Crippen molar-refractivity contribution in [3.63, 3.8) is 0 Å². The van der Waals surface area contributed by atoms with E-state index in [-0.39, 0.29) is 5.91 Å². The summed E-state index contributed by atoms with van der Waals surface area (Å²) in [5.74, 6) is -0.256. The van der Waals surface area contributed by atoms with Gasteiger partial charge in [0.15, 0.2) is 0 Å². The molecular weight excluding hydrogens is 384 g/mol. The molecule has 0 spiro atoms. The monoisotopic (exact) mass is 428 g/mol. The van der Waals surface area contributed by atoms with Gasteiger partial charge in [-0.15, -0.1) is 0 Å². The number of hydrogen-bond acceptors (Lipinski definition) is 5. The Morgan fingerprint density at radius 2 is 1.73 bits per heavy atom. The Morgan fingerprint density at radius 3 is 2.00 bits per heavy atom. The van der Waals surface area contributed by atoms with E-state index in [1.54, 1.807) is 20.8 Å². The van der Waals surface area contributed by atoms with E-state index in [0.29, 0.717) is 19.4 Å². The Balaban J connectivity index is -0.000000398. The number of hydrogen-bond donors (Lipinski definition) is 2. The van der Waals surface area contributed by atoms with Crippen LogP contribution in [0.4, 0.5) is 4.79 Å². The van der Waals surface area contributed by atoms with Crippen molar-refractivity contribution in [1.82, 2.24) is 10.2 Å². The van der Waals surface area contributed by atoms with Crippen molar-refractivity contribution in [2.75, 3.05) is 13.1 Å². The molecule has 0 aromatic heterocycles. The lowest BCUT2D eigenvalue weighted by atomic mass is 10.2. The zero-order valence-corrected chi connectivity index (χ0v) is 20.3. The topological polar surface area (TPSA) is 126 Å². The van der Waals surface area contributed by atoms with Crippen molar-refractivity contribution >= 4 is 17.9 Å². The molecule has 2 aliphatic rings. The van der Waals surface area contributed by atoms with E-state index < -0.39 is 23.6 Å². The van der Waals surface area contributed by atoms with Gasteiger partial charge in [-0.2, -0.15) is 5.26 Å². The molecule has 2 saturated heterocycles. The molecule has 0 saturated carbocycles. The van der Waals surface area contributed by atoms with Crippen LogP contribution < -0.4 is 11.1 Å². The number of nitrogens with one attached hydrogen (secondary N) is 1. The number of amides is 3. The first-order valence-corrected chi connectivity index (χ1v) is 11.0. The number of rotatable bonds is 1. The van der Waals surface area contributed by atoms with Crippen LogP contribution in [0.1, 0.15) is 93.9 Å². The number of nitrogens with two attached hydrogens (primary N) is 1. The Labute approximate surface area is 183 Å². The zero-order valence-electron chi connectivity index (χ0n) is 20.3. The third kappa shape index (κ3) is 19.0. The van der Waals surface area contributed by atoms with E-state index in [1.165, 1.54) is 11.3 Å². The predicted octanol–water partition coefficient (Wildman–Crippen LogP) is 4.13. The Bertz CT molecular complexity index is 502. The van der Waals surface area contributed by atoms with E-state index in [1.807, 2.05) is 26.8 Å². The highest BCUT2D eigenvalue weighted by atomic mass is 16.6. The molecule has 176 valence electrons. The number of likely N-dealkylation sites (tertiary alicyclic amines) is 1. The van der Waals surface area contributed by atoms with Gasteiger partial charge in [-0.3, -0.25) is 14.5 Å². The van der Waals surface area contributed by atoms with Crippen molar-refractivity contribution in [1.29, 1.82) is 5.26 Å². The molecule has 0 unspecified atom stereocenters. The number of ether oxygens (including phenoxy) is 1. The van der Waals surface area contributed by atoms with Crippen molar-refractivity contribution in [3.8, 4) is 6.07 Å². The average Bonchev–Trinajstić information content (AvgIpc) is 3.35. The van der Waals surface area contributed by atoms with Crippen LogP contribution in [0.3, 0.4) is 0 Å². The summed E-state index contributed by atoms with van der Waals surface area (Å²) >= 11 is 0. The summed E-state index contributed by atoms with van der Waals surface area (Å²) in [6.07, 6.45) is 4.61. The van der Waals surface area contributed by atoms with Crippen molar-refractivity contribution < 1.29 is 19.1 Å². The summed E-state index contributed by atoms with van der Waals surface area (Å²) in [4.78, 5) is 34.3. The Kier molecular flexibility index (Phi) is 21.6. The van der Waals surface area contributed by atoms with Gasteiger partial charge >= 0.3 is 6.09 Å². The molecule has 0 bridgehead atoms. The maximum Gasteiger partial charge on any atom is 0.410 e. The largest absolute Gasteiger partial charge is 0.444 e. The summed E-state index contributed by atoms with van der Waals surface area (Å²) in [5.41, 5.74) is 4.66. The fraction of sp³-hybridized carbons (Fsp3) is 0.818. The lowest BCUT2D eigenvalue weighted by molar-refractivity contribution is -0.122. The van der Waals surface area contributed by atoms with Gasteiger partial charge in [0, 0.05) is 25.9 Å². The quantitative estimate of drug-likeness (QED) is 0.649. The van der Waals surface area contributed by atoms with Crippen molar-refractivity contribution in [2.45, 2.75) is 106 Å². The number of nitrogens with zero attached hydrogens (tertiary/aromatic N) is 2. The lowest BCUT2D eigenvalue weighted by Gasteiger charge is -2.27. The first kappa shape index (κ1) is 32.4. The number of carbonyl (C=O) groups excluding carboxylic acids is 3. The van der Waals surface area contributed by atoms with Crippen LogP contribution in [0.5, 0.6) is 0 Å². The van der Waals surface area contributed by atoms with Crippen LogP contribution in [0.25, 0.3) is 0 Å². The van der Waals surface area contributed by atoms with Crippen LogP contribution in [0.15, 0.2) is 0 Å². The minimum Gasteiger partial charge on any atom is -0.444 e. The van der Waals surface area contributed by atoms with Gasteiger partial charge in [0.2, 0.25) is 11.8 Å². The van der Waals surface area contributed by atoms with E-state index >= 15 is 0 Å². The predicted molar refractivity (Wildman–Crippen MR) is 121 cm³/mol. The van der Waals surface area contributed by atoms with Gasteiger partial charge < -0.3 is 15.8 Å². The highest BCUT2D eigenvalue weighted by Crippen LogP contribution is 2.20. The van der Waals surface area contributed by atoms with Gasteiger partial charge in [0.1, 0.15) is 11.6 Å². The van der Waals surface area contributed by atoms with Crippen LogP contribution in [-0.4, -0.2) is 47.5 Å². The Hall–Kier alpha value is -2.30. The third-order valence-corrected chi connectivity index (χ3v) is 3.27. The molecule has 2 fully saturated rings. The van der Waals surface area contributed by atoms with Crippen LogP contribution in [-0.2, 0) is 14.3 Å². The molecule has 30 heavy (non-hydrogen) atoms. The molecule has 0 aliphatic carbocycles. The van der Waals surface area contributed by atoms with Crippen LogP contribution >= 0.6 is 0 Å². The zero-order chi connectivity index (χ0) is 24.2. The smallest absolute Gasteiger partial charge is 0.410 e. The first-order valence-electron chi connectivity index (χ1n) is 11.0. The molecular formula is C22H44N4O4. The second-order valence-corrected chi connectivity index (χ2v) is 7.41. The molecule has 1 atom stereocenters. The van der Waals surface area contributed by atoms with Crippen LogP contribution in [0.2, 0.25) is 0 Å². The maximum atomic E-state index is 11.7. The summed E-state index contributed by atoms with van der Waals surface area (Å²) in [5, 5.41) is 10.3. The van der Waals surface area contributed by atoms with E-state index in [9.17, 15) is 14.4 Å². The molecule has 0 aromatic rings. The molecule has 2 heterocycles. The van der Waals surface area contributed by atoms with Gasteiger partial charge in [-0.1, -0.05) is 41.0 Å². The molecule has 2 aliphatic heterocycles. The highest BCUT2D eigenvalue weighted by Gasteiger charge is 2.35. The summed E-state index contributed by atoms with van der Waals surface area (Å²) in [6, 6.07) is 1.43. The second-order valence-electron chi connectivity index (χ2n) is 7.41. The fourth-order valence-corrected chi connectivity index (χ4v) is 2.17. The molecule has 3 N–H and O–H groups in total. The van der Waals surface area contributed by atoms with Gasteiger partial charge in [-0.25, -0.2) is 4.79 Å². The number of primary amides is 1. The molecule has 0 aromatic carbocycles. The standard InChI is InChI=1S/C10H18N2O3.C4H7NO.C3H5N.C3H8.C2H6/c1-10(2,3)15-9(14)12-6-4-5-7(12)8(11)13;6-4-2-1-3-5-4;1-2-3-4;1-3-2;1-2/h7H,4-6H2,1-3H3,(H2,11,13);1-3H2,(H,5,6);2H2,1H3;3H2,1-2H3;1-2H3/t7-;;;;/m0..../s1. The third-order valence-electron chi connectivity index (χ3n) is 3.27. The summed E-state index contributed by atoms with van der Waals surface area (Å²) in [7, 11) is 0. The maximum absolute atomic E-state index is 11.7. The Morgan fingerprint density at radius 1 is 1.23 bits per heavy atom. The SMILES string of the molecule is CC.CC(C)(C)OC(=O)N1CCC[C@H]1C(N)=O.CCC.CCC#N.O=C1CCCN1. The normalized spacial score (nSPS) is 16.4. The molecule has 8 heteroatoms. The van der Waals surface area contributed by atoms with E-state index in [2.05, 4.69) is 19.2 Å². The van der Waals surface area contributed by atoms with Gasteiger partial charge in [0.25, 0.3) is 0 Å². The van der Waals surface area contributed by atoms with Crippen LogP contribution in [0, 0.1) is 11.3 Å². The molecule has 2 rings (SSSR count). The van der Waals surface area contributed by atoms with Crippen molar-refractivity contribution in [3.05, 3.63) is 0 Å². The molecule has 0 radical (unpaired) electrons. The first-order chi connectivity index (χ1) is 14.0. The average molecular weight is 429 g/mol. The number of carbonyl (C=O) groups is 3. The molecule has 3 amide bonds. The molecule has 8 nitrogen and oxygen atoms in total. The number of nitriles is 1. The summed E-state index contributed by atoms with van der Waals surface area (Å²) < 4.78 is 5.18. The van der Waals surface area contributed by atoms with E-state index in [4.69, 9.17) is 15.7 Å².